The number of halogens is 1. The maximum atomic E-state index is 12.9. The van der Waals surface area contributed by atoms with Gasteiger partial charge in [-0.05, 0) is 54.5 Å². The van der Waals surface area contributed by atoms with Gasteiger partial charge in [0.2, 0.25) is 10.0 Å². The third kappa shape index (κ3) is 3.02. The van der Waals surface area contributed by atoms with Crippen molar-refractivity contribution in [2.24, 2.45) is 0 Å². The molecule has 3 nitrogen and oxygen atoms in total. The molecule has 0 bridgehead atoms. The van der Waals surface area contributed by atoms with Crippen molar-refractivity contribution >= 4 is 21.4 Å². The lowest BCUT2D eigenvalue weighted by Crippen LogP contribution is -2.37. The van der Waals surface area contributed by atoms with Crippen molar-refractivity contribution in [3.8, 4) is 0 Å². The molecule has 3 rings (SSSR count). The van der Waals surface area contributed by atoms with Gasteiger partial charge in [-0.25, -0.2) is 12.8 Å². The van der Waals surface area contributed by atoms with Gasteiger partial charge in [0.25, 0.3) is 0 Å². The molecule has 0 atom stereocenters. The number of rotatable bonds is 3. The van der Waals surface area contributed by atoms with Crippen LogP contribution in [-0.4, -0.2) is 25.8 Å². The Hall–Kier alpha value is -1.24. The summed E-state index contributed by atoms with van der Waals surface area (Å²) in [4.78, 5) is 1.49. The smallest absolute Gasteiger partial charge is 0.207 e. The number of hydrogen-bond acceptors (Lipinski definition) is 3. The Bertz CT molecular complexity index is 688. The number of benzene rings is 1. The van der Waals surface area contributed by atoms with Crippen LogP contribution in [0.4, 0.5) is 4.39 Å². The number of sulfonamides is 1. The maximum absolute atomic E-state index is 12.9. The summed E-state index contributed by atoms with van der Waals surface area (Å²) in [6.45, 7) is 1.03. The lowest BCUT2D eigenvalue weighted by atomic mass is 9.97. The van der Waals surface area contributed by atoms with Gasteiger partial charge < -0.3 is 0 Å². The van der Waals surface area contributed by atoms with Crippen molar-refractivity contribution in [3.63, 3.8) is 0 Å². The SMILES string of the molecule is O=S(=O)(c1ccc(F)cc1)N1CCC(c2cccs2)CC1. The summed E-state index contributed by atoms with van der Waals surface area (Å²) in [6, 6.07) is 9.17. The molecule has 0 unspecified atom stereocenters. The fourth-order valence-corrected chi connectivity index (χ4v) is 5.03. The second kappa shape index (κ2) is 5.87. The van der Waals surface area contributed by atoms with Crippen LogP contribution in [0.25, 0.3) is 0 Å². The van der Waals surface area contributed by atoms with Crippen molar-refractivity contribution in [3.05, 3.63) is 52.5 Å². The predicted molar refractivity (Wildman–Crippen MR) is 81.5 cm³/mol. The fourth-order valence-electron chi connectivity index (χ4n) is 2.66. The highest BCUT2D eigenvalue weighted by atomic mass is 32.2. The molecule has 0 amide bonds. The molecule has 1 saturated heterocycles. The molecule has 1 aliphatic heterocycles. The molecule has 1 fully saturated rings. The third-order valence-corrected chi connectivity index (χ3v) is 6.80. The first kappa shape index (κ1) is 14.7. The van der Waals surface area contributed by atoms with Crippen LogP contribution in [0, 0.1) is 5.82 Å². The van der Waals surface area contributed by atoms with E-state index in [1.54, 1.807) is 11.3 Å². The minimum atomic E-state index is -3.50. The van der Waals surface area contributed by atoms with Crippen LogP contribution in [0.5, 0.6) is 0 Å². The molecule has 0 N–H and O–H groups in total. The molecule has 1 aromatic heterocycles. The van der Waals surface area contributed by atoms with Crippen LogP contribution in [0.2, 0.25) is 0 Å². The minimum absolute atomic E-state index is 0.165. The lowest BCUT2D eigenvalue weighted by Gasteiger charge is -2.30. The molecule has 0 radical (unpaired) electrons. The van der Waals surface area contributed by atoms with Gasteiger partial charge in [-0.1, -0.05) is 6.07 Å². The van der Waals surface area contributed by atoms with Gasteiger partial charge in [-0.3, -0.25) is 0 Å². The molecular formula is C15H16FNO2S2. The summed E-state index contributed by atoms with van der Waals surface area (Å²) in [5, 5.41) is 2.05. The molecule has 0 aliphatic carbocycles. The lowest BCUT2D eigenvalue weighted by molar-refractivity contribution is 0.321. The monoisotopic (exact) mass is 325 g/mol. The molecule has 0 spiro atoms. The zero-order valence-electron chi connectivity index (χ0n) is 11.4. The number of hydrogen-bond donors (Lipinski definition) is 0. The van der Waals surface area contributed by atoms with Gasteiger partial charge in [-0.2, -0.15) is 4.31 Å². The Morgan fingerprint density at radius 3 is 2.33 bits per heavy atom. The van der Waals surface area contributed by atoms with Crippen LogP contribution >= 0.6 is 11.3 Å². The van der Waals surface area contributed by atoms with E-state index in [0.717, 1.165) is 12.8 Å². The van der Waals surface area contributed by atoms with Crippen molar-refractivity contribution in [2.45, 2.75) is 23.7 Å². The Kier molecular flexibility index (Phi) is 4.10. The fraction of sp³-hybridized carbons (Fsp3) is 0.333. The average molecular weight is 325 g/mol. The van der Waals surface area contributed by atoms with Crippen molar-refractivity contribution < 1.29 is 12.8 Å². The normalized spacial score (nSPS) is 18.0. The minimum Gasteiger partial charge on any atom is -0.207 e. The van der Waals surface area contributed by atoms with Gasteiger partial charge in [0.1, 0.15) is 5.82 Å². The highest BCUT2D eigenvalue weighted by Gasteiger charge is 2.30. The summed E-state index contributed by atoms with van der Waals surface area (Å²) in [5.41, 5.74) is 0. The first-order valence-electron chi connectivity index (χ1n) is 6.86. The van der Waals surface area contributed by atoms with Gasteiger partial charge >= 0.3 is 0 Å². The molecule has 2 aromatic rings. The number of piperidine rings is 1. The Morgan fingerprint density at radius 2 is 1.76 bits per heavy atom. The molecule has 1 aromatic carbocycles. The van der Waals surface area contributed by atoms with E-state index in [1.807, 2.05) is 6.07 Å². The Balaban J connectivity index is 1.72. The number of nitrogens with zero attached hydrogens (tertiary/aromatic N) is 1. The van der Waals surface area contributed by atoms with E-state index >= 15 is 0 Å². The largest absolute Gasteiger partial charge is 0.243 e. The average Bonchev–Trinajstić information content (AvgIpc) is 3.02. The highest BCUT2D eigenvalue weighted by molar-refractivity contribution is 7.89. The van der Waals surface area contributed by atoms with E-state index in [1.165, 1.54) is 33.4 Å². The van der Waals surface area contributed by atoms with Gasteiger partial charge in [0.15, 0.2) is 0 Å². The van der Waals surface area contributed by atoms with Crippen LogP contribution in [0.15, 0.2) is 46.7 Å². The van der Waals surface area contributed by atoms with E-state index in [9.17, 15) is 12.8 Å². The predicted octanol–water partition coefficient (Wildman–Crippen LogP) is 3.46. The highest BCUT2D eigenvalue weighted by Crippen LogP contribution is 2.32. The van der Waals surface area contributed by atoms with E-state index in [0.29, 0.717) is 19.0 Å². The van der Waals surface area contributed by atoms with Crippen LogP contribution in [0.1, 0.15) is 23.6 Å². The molecule has 6 heteroatoms. The molecule has 112 valence electrons. The topological polar surface area (TPSA) is 37.4 Å². The van der Waals surface area contributed by atoms with Crippen LogP contribution < -0.4 is 0 Å². The molecule has 0 saturated carbocycles. The zero-order chi connectivity index (χ0) is 14.9. The summed E-state index contributed by atoms with van der Waals surface area (Å²) in [5.74, 6) is 0.0232. The summed E-state index contributed by atoms with van der Waals surface area (Å²) >= 11 is 1.73. The van der Waals surface area contributed by atoms with Crippen molar-refractivity contribution in [2.75, 3.05) is 13.1 Å². The van der Waals surface area contributed by atoms with Crippen LogP contribution in [-0.2, 0) is 10.0 Å². The van der Waals surface area contributed by atoms with Gasteiger partial charge in [0, 0.05) is 18.0 Å². The summed E-state index contributed by atoms with van der Waals surface area (Å²) < 4.78 is 39.4. The molecule has 21 heavy (non-hydrogen) atoms. The maximum Gasteiger partial charge on any atom is 0.243 e. The van der Waals surface area contributed by atoms with Crippen molar-refractivity contribution in [1.82, 2.24) is 4.31 Å². The first-order valence-corrected chi connectivity index (χ1v) is 9.18. The molecule has 1 aliphatic rings. The summed E-state index contributed by atoms with van der Waals surface area (Å²) in [7, 11) is -3.50. The Morgan fingerprint density at radius 1 is 1.10 bits per heavy atom. The van der Waals surface area contributed by atoms with E-state index in [4.69, 9.17) is 0 Å². The van der Waals surface area contributed by atoms with E-state index in [2.05, 4.69) is 11.4 Å². The second-order valence-electron chi connectivity index (χ2n) is 5.15. The summed E-state index contributed by atoms with van der Waals surface area (Å²) in [6.07, 6.45) is 1.67. The molecule has 2 heterocycles. The van der Waals surface area contributed by atoms with Gasteiger partial charge in [0.05, 0.1) is 4.90 Å². The zero-order valence-corrected chi connectivity index (χ0v) is 13.0. The third-order valence-electron chi connectivity index (χ3n) is 3.85. The number of thiophene rings is 1. The molecular weight excluding hydrogens is 309 g/mol. The van der Waals surface area contributed by atoms with Crippen LogP contribution in [0.3, 0.4) is 0 Å². The standard InChI is InChI=1S/C15H16FNO2S2/c16-13-3-5-14(6-4-13)21(18,19)17-9-7-12(8-10-17)15-2-1-11-20-15/h1-6,11-12H,7-10H2. The Labute approximate surface area is 128 Å². The van der Waals surface area contributed by atoms with E-state index < -0.39 is 15.8 Å². The van der Waals surface area contributed by atoms with Crippen molar-refractivity contribution in [1.29, 1.82) is 0 Å². The first-order chi connectivity index (χ1) is 10.1. The van der Waals surface area contributed by atoms with Gasteiger partial charge in [-0.15, -0.1) is 11.3 Å². The van der Waals surface area contributed by atoms with E-state index in [-0.39, 0.29) is 4.90 Å². The quantitative estimate of drug-likeness (QED) is 0.867. The second-order valence-corrected chi connectivity index (χ2v) is 8.06.